The highest BCUT2D eigenvalue weighted by Crippen LogP contribution is 2.06. The first-order chi connectivity index (χ1) is 8.00. The first kappa shape index (κ1) is 13.2. The second-order valence-electron chi connectivity index (χ2n) is 4.42. The molecule has 0 spiro atoms. The van der Waals surface area contributed by atoms with Crippen molar-refractivity contribution in [2.75, 3.05) is 0 Å². The Balaban J connectivity index is 2.68. The van der Waals surface area contributed by atoms with E-state index in [1.807, 2.05) is 19.9 Å². The lowest BCUT2D eigenvalue weighted by atomic mass is 10.0. The summed E-state index contributed by atoms with van der Waals surface area (Å²) in [5.74, 6) is -0.471. The summed E-state index contributed by atoms with van der Waals surface area (Å²) in [5, 5.41) is 2.65. The molecular formula is C13H18N2O2. The summed E-state index contributed by atoms with van der Waals surface area (Å²) in [6, 6.07) is 8.16. The molecule has 0 unspecified atom stereocenters. The van der Waals surface area contributed by atoms with Gasteiger partial charge in [-0.05, 0) is 24.5 Å². The highest BCUT2D eigenvalue weighted by Gasteiger charge is 2.19. The largest absolute Gasteiger partial charge is 0.368 e. The average Bonchev–Trinajstić information content (AvgIpc) is 2.28. The van der Waals surface area contributed by atoms with E-state index in [2.05, 4.69) is 5.32 Å². The maximum absolute atomic E-state index is 11.8. The zero-order chi connectivity index (χ0) is 12.8. The highest BCUT2D eigenvalue weighted by atomic mass is 16.2. The van der Waals surface area contributed by atoms with Crippen molar-refractivity contribution in [3.8, 4) is 0 Å². The molecule has 1 aromatic rings. The van der Waals surface area contributed by atoms with E-state index in [1.165, 1.54) is 0 Å². The summed E-state index contributed by atoms with van der Waals surface area (Å²) in [6.07, 6.45) is 0.550. The molecule has 1 atom stereocenters. The number of primary amides is 1. The second kappa shape index (κ2) is 6.03. The smallest absolute Gasteiger partial charge is 0.251 e. The second-order valence-corrected chi connectivity index (χ2v) is 4.42. The van der Waals surface area contributed by atoms with Crippen LogP contribution in [0.5, 0.6) is 0 Å². The van der Waals surface area contributed by atoms with E-state index in [4.69, 9.17) is 5.73 Å². The van der Waals surface area contributed by atoms with E-state index in [1.54, 1.807) is 24.3 Å². The molecule has 4 nitrogen and oxygen atoms in total. The fraction of sp³-hybridized carbons (Fsp3) is 0.385. The first-order valence-electron chi connectivity index (χ1n) is 5.66. The van der Waals surface area contributed by atoms with Crippen LogP contribution in [-0.4, -0.2) is 17.9 Å². The Morgan fingerprint density at radius 3 is 2.29 bits per heavy atom. The van der Waals surface area contributed by atoms with Crippen LogP contribution >= 0.6 is 0 Å². The third-order valence-corrected chi connectivity index (χ3v) is 2.39. The minimum atomic E-state index is -0.609. The summed E-state index contributed by atoms with van der Waals surface area (Å²) < 4.78 is 0. The van der Waals surface area contributed by atoms with Gasteiger partial charge in [0, 0.05) is 5.56 Å². The molecule has 0 saturated carbocycles. The van der Waals surface area contributed by atoms with Crippen molar-refractivity contribution in [3.05, 3.63) is 35.9 Å². The molecule has 17 heavy (non-hydrogen) atoms. The van der Waals surface area contributed by atoms with Gasteiger partial charge in [-0.15, -0.1) is 0 Å². The van der Waals surface area contributed by atoms with Crippen LogP contribution in [0.15, 0.2) is 30.3 Å². The lowest BCUT2D eigenvalue weighted by molar-refractivity contribution is -0.120. The zero-order valence-corrected chi connectivity index (χ0v) is 10.1. The number of benzene rings is 1. The third kappa shape index (κ3) is 4.26. The minimum Gasteiger partial charge on any atom is -0.368 e. The topological polar surface area (TPSA) is 72.2 Å². The number of nitrogens with two attached hydrogens (primary N) is 1. The molecule has 0 saturated heterocycles. The van der Waals surface area contributed by atoms with Crippen LogP contribution < -0.4 is 11.1 Å². The van der Waals surface area contributed by atoms with Crippen LogP contribution in [-0.2, 0) is 4.79 Å². The number of hydrogen-bond acceptors (Lipinski definition) is 2. The number of hydrogen-bond donors (Lipinski definition) is 2. The Hall–Kier alpha value is -1.84. The van der Waals surface area contributed by atoms with E-state index in [9.17, 15) is 9.59 Å². The fourth-order valence-corrected chi connectivity index (χ4v) is 1.55. The Morgan fingerprint density at radius 1 is 1.24 bits per heavy atom. The van der Waals surface area contributed by atoms with Gasteiger partial charge in [-0.25, -0.2) is 0 Å². The van der Waals surface area contributed by atoms with Crippen molar-refractivity contribution >= 4 is 11.8 Å². The van der Waals surface area contributed by atoms with Crippen molar-refractivity contribution < 1.29 is 9.59 Å². The molecule has 3 N–H and O–H groups in total. The molecule has 0 fully saturated rings. The molecule has 2 amide bonds. The van der Waals surface area contributed by atoms with Crippen molar-refractivity contribution in [2.45, 2.75) is 26.3 Å². The van der Waals surface area contributed by atoms with E-state index < -0.39 is 11.9 Å². The molecule has 0 radical (unpaired) electrons. The Labute approximate surface area is 101 Å². The summed E-state index contributed by atoms with van der Waals surface area (Å²) in [6.45, 7) is 3.95. The molecule has 1 rings (SSSR count). The van der Waals surface area contributed by atoms with E-state index in [0.29, 0.717) is 17.9 Å². The molecule has 0 aliphatic rings. The molecule has 0 aliphatic heterocycles. The van der Waals surface area contributed by atoms with E-state index in [0.717, 1.165) is 0 Å². The van der Waals surface area contributed by atoms with Gasteiger partial charge in [0.2, 0.25) is 5.91 Å². The SMILES string of the molecule is CC(C)C[C@H](NC(=O)c1ccccc1)C(N)=O. The number of carbonyl (C=O) groups is 2. The molecule has 0 heterocycles. The molecule has 92 valence electrons. The predicted molar refractivity (Wildman–Crippen MR) is 66.3 cm³/mol. The Morgan fingerprint density at radius 2 is 1.82 bits per heavy atom. The van der Waals surface area contributed by atoms with Gasteiger partial charge in [0.15, 0.2) is 0 Å². The van der Waals surface area contributed by atoms with Crippen molar-refractivity contribution in [1.29, 1.82) is 0 Å². The molecule has 1 aromatic carbocycles. The normalized spacial score (nSPS) is 12.2. The number of amides is 2. The number of rotatable bonds is 5. The predicted octanol–water partition coefficient (Wildman–Crippen LogP) is 1.32. The van der Waals surface area contributed by atoms with E-state index in [-0.39, 0.29) is 5.91 Å². The van der Waals surface area contributed by atoms with E-state index >= 15 is 0 Å². The van der Waals surface area contributed by atoms with Crippen molar-refractivity contribution in [3.63, 3.8) is 0 Å². The number of carbonyl (C=O) groups excluding carboxylic acids is 2. The standard InChI is InChI=1S/C13H18N2O2/c1-9(2)8-11(12(14)16)15-13(17)10-6-4-3-5-7-10/h3-7,9,11H,8H2,1-2H3,(H2,14,16)(H,15,17)/t11-/m0/s1. The highest BCUT2D eigenvalue weighted by molar-refractivity contribution is 5.97. The van der Waals surface area contributed by atoms with Gasteiger partial charge in [0.25, 0.3) is 5.91 Å². The van der Waals surface area contributed by atoms with Gasteiger partial charge >= 0.3 is 0 Å². The first-order valence-corrected chi connectivity index (χ1v) is 5.66. The zero-order valence-electron chi connectivity index (χ0n) is 10.1. The molecule has 0 bridgehead atoms. The molecule has 4 heteroatoms. The monoisotopic (exact) mass is 234 g/mol. The van der Waals surface area contributed by atoms with Crippen LogP contribution in [0.1, 0.15) is 30.6 Å². The number of nitrogens with one attached hydrogen (secondary N) is 1. The van der Waals surface area contributed by atoms with Gasteiger partial charge in [-0.2, -0.15) is 0 Å². The lowest BCUT2D eigenvalue weighted by Gasteiger charge is -2.17. The van der Waals surface area contributed by atoms with Gasteiger partial charge in [0.1, 0.15) is 6.04 Å². The van der Waals surface area contributed by atoms with Crippen LogP contribution in [0.2, 0.25) is 0 Å². The summed E-state index contributed by atoms with van der Waals surface area (Å²) >= 11 is 0. The molecule has 0 aromatic heterocycles. The Bertz CT molecular complexity index is 388. The van der Waals surface area contributed by atoms with Crippen molar-refractivity contribution in [2.24, 2.45) is 11.7 Å². The van der Waals surface area contributed by atoms with Gasteiger partial charge < -0.3 is 11.1 Å². The molecular weight excluding hydrogens is 216 g/mol. The van der Waals surface area contributed by atoms with Crippen LogP contribution in [0.25, 0.3) is 0 Å². The molecule has 0 aliphatic carbocycles. The Kier molecular flexibility index (Phi) is 4.69. The summed E-state index contributed by atoms with van der Waals surface area (Å²) in [7, 11) is 0. The van der Waals surface area contributed by atoms with Gasteiger partial charge in [-0.3, -0.25) is 9.59 Å². The maximum atomic E-state index is 11.8. The lowest BCUT2D eigenvalue weighted by Crippen LogP contribution is -2.45. The van der Waals surface area contributed by atoms with Gasteiger partial charge in [0.05, 0.1) is 0 Å². The quantitative estimate of drug-likeness (QED) is 0.806. The van der Waals surface area contributed by atoms with Crippen molar-refractivity contribution in [1.82, 2.24) is 5.32 Å². The van der Waals surface area contributed by atoms with Gasteiger partial charge in [-0.1, -0.05) is 32.0 Å². The summed E-state index contributed by atoms with van der Waals surface area (Å²) in [5.41, 5.74) is 5.79. The summed E-state index contributed by atoms with van der Waals surface area (Å²) in [4.78, 5) is 23.0. The van der Waals surface area contributed by atoms with Crippen LogP contribution in [0.4, 0.5) is 0 Å². The van der Waals surface area contributed by atoms with Crippen LogP contribution in [0.3, 0.4) is 0 Å². The average molecular weight is 234 g/mol. The minimum absolute atomic E-state index is 0.268. The maximum Gasteiger partial charge on any atom is 0.251 e. The third-order valence-electron chi connectivity index (χ3n) is 2.39. The fourth-order valence-electron chi connectivity index (χ4n) is 1.55. The van der Waals surface area contributed by atoms with Crippen LogP contribution in [0, 0.1) is 5.92 Å².